The molecule has 0 saturated carbocycles. The number of anilines is 1. The maximum absolute atomic E-state index is 11.8. The number of hydrogen-bond acceptors (Lipinski definition) is 7. The smallest absolute Gasteiger partial charge is 0.336 e. The van der Waals surface area contributed by atoms with Crippen molar-refractivity contribution in [2.24, 2.45) is 0 Å². The predicted octanol–water partition coefficient (Wildman–Crippen LogP) is 1.11. The standard InChI is InChI=1S/C19H23NO6/c1-3-4-11-7-16(22)26-14-8-12(5-6-13(11)14)20-17-10(2)25-15(9-21)18(23)19(17)24/h3-8,10,15,17-21,23-24H,9H2,1-2H3/b4-3+. The van der Waals surface area contributed by atoms with Gasteiger partial charge in [0.1, 0.15) is 23.9 Å². The Bertz CT molecular complexity index is 861. The predicted molar refractivity (Wildman–Crippen MR) is 98.0 cm³/mol. The highest BCUT2D eigenvalue weighted by molar-refractivity contribution is 5.88. The fraction of sp³-hybridized carbons (Fsp3) is 0.421. The van der Waals surface area contributed by atoms with Gasteiger partial charge in [-0.2, -0.15) is 0 Å². The zero-order chi connectivity index (χ0) is 18.8. The lowest BCUT2D eigenvalue weighted by Crippen LogP contribution is -2.60. The van der Waals surface area contributed by atoms with Crippen LogP contribution in [0, 0.1) is 0 Å². The minimum absolute atomic E-state index is 0.371. The van der Waals surface area contributed by atoms with E-state index in [4.69, 9.17) is 9.15 Å². The van der Waals surface area contributed by atoms with Crippen LogP contribution in [0.2, 0.25) is 0 Å². The van der Waals surface area contributed by atoms with Crippen LogP contribution in [0.5, 0.6) is 0 Å². The Hall–Kier alpha value is -2.19. The average Bonchev–Trinajstić information content (AvgIpc) is 2.61. The second kappa shape index (κ2) is 7.59. The van der Waals surface area contributed by atoms with Gasteiger partial charge in [-0.3, -0.25) is 0 Å². The average molecular weight is 361 g/mol. The van der Waals surface area contributed by atoms with Gasteiger partial charge in [-0.15, -0.1) is 0 Å². The van der Waals surface area contributed by atoms with E-state index < -0.39 is 36.1 Å². The highest BCUT2D eigenvalue weighted by Gasteiger charge is 2.42. The van der Waals surface area contributed by atoms with Crippen molar-refractivity contribution in [1.82, 2.24) is 0 Å². The third-order valence-electron chi connectivity index (χ3n) is 4.63. The first-order valence-corrected chi connectivity index (χ1v) is 8.54. The number of nitrogens with one attached hydrogen (secondary N) is 1. The third-order valence-corrected chi connectivity index (χ3v) is 4.63. The van der Waals surface area contributed by atoms with Gasteiger partial charge in [-0.1, -0.05) is 12.2 Å². The molecular formula is C19H23NO6. The zero-order valence-corrected chi connectivity index (χ0v) is 14.6. The van der Waals surface area contributed by atoms with Crippen molar-refractivity contribution in [3.63, 3.8) is 0 Å². The maximum Gasteiger partial charge on any atom is 0.336 e. The molecule has 5 unspecified atom stereocenters. The van der Waals surface area contributed by atoms with Gasteiger partial charge in [-0.05, 0) is 31.5 Å². The van der Waals surface area contributed by atoms with Crippen LogP contribution in [-0.2, 0) is 4.74 Å². The Morgan fingerprint density at radius 2 is 2.00 bits per heavy atom. The van der Waals surface area contributed by atoms with Gasteiger partial charge in [0.05, 0.1) is 18.8 Å². The molecule has 1 fully saturated rings. The molecule has 0 radical (unpaired) electrons. The van der Waals surface area contributed by atoms with Gasteiger partial charge in [0, 0.05) is 23.2 Å². The highest BCUT2D eigenvalue weighted by atomic mass is 16.5. The molecule has 1 aromatic heterocycles. The first kappa shape index (κ1) is 18.6. The number of rotatable bonds is 4. The molecule has 0 bridgehead atoms. The Labute approximate surface area is 150 Å². The van der Waals surface area contributed by atoms with Crippen LogP contribution in [0.3, 0.4) is 0 Å². The molecule has 2 heterocycles. The molecular weight excluding hydrogens is 338 g/mol. The van der Waals surface area contributed by atoms with Crippen LogP contribution >= 0.6 is 0 Å². The first-order chi connectivity index (χ1) is 12.4. The van der Waals surface area contributed by atoms with Crippen molar-refractivity contribution >= 4 is 22.7 Å². The number of allylic oxidation sites excluding steroid dienone is 1. The van der Waals surface area contributed by atoms with E-state index >= 15 is 0 Å². The fourth-order valence-corrected chi connectivity index (χ4v) is 3.29. The summed E-state index contributed by atoms with van der Waals surface area (Å²) >= 11 is 0. The van der Waals surface area contributed by atoms with Crippen molar-refractivity contribution in [3.8, 4) is 0 Å². The van der Waals surface area contributed by atoms with Crippen LogP contribution in [0.15, 0.2) is 39.6 Å². The topological polar surface area (TPSA) is 112 Å². The lowest BCUT2D eigenvalue weighted by atomic mass is 9.93. The van der Waals surface area contributed by atoms with E-state index in [9.17, 15) is 20.1 Å². The minimum atomic E-state index is -1.20. The van der Waals surface area contributed by atoms with E-state index in [2.05, 4.69) is 5.32 Å². The van der Waals surface area contributed by atoms with Crippen LogP contribution in [0.25, 0.3) is 17.0 Å². The molecule has 2 aromatic rings. The minimum Gasteiger partial charge on any atom is -0.423 e. The van der Waals surface area contributed by atoms with E-state index in [0.29, 0.717) is 11.3 Å². The van der Waals surface area contributed by atoms with E-state index in [1.807, 2.05) is 25.1 Å². The molecule has 1 aromatic carbocycles. The summed E-state index contributed by atoms with van der Waals surface area (Å²) in [6, 6.07) is 6.15. The molecule has 1 aliphatic rings. The van der Waals surface area contributed by atoms with E-state index in [0.717, 1.165) is 10.9 Å². The lowest BCUT2D eigenvalue weighted by molar-refractivity contribution is -0.180. The van der Waals surface area contributed by atoms with Gasteiger partial charge in [0.2, 0.25) is 0 Å². The van der Waals surface area contributed by atoms with Crippen molar-refractivity contribution in [3.05, 3.63) is 46.3 Å². The highest BCUT2D eigenvalue weighted by Crippen LogP contribution is 2.27. The summed E-state index contributed by atoms with van der Waals surface area (Å²) in [7, 11) is 0. The molecule has 1 aliphatic heterocycles. The van der Waals surface area contributed by atoms with Gasteiger partial charge in [-0.25, -0.2) is 4.79 Å². The van der Waals surface area contributed by atoms with Crippen molar-refractivity contribution in [2.75, 3.05) is 11.9 Å². The second-order valence-electron chi connectivity index (χ2n) is 6.45. The van der Waals surface area contributed by atoms with Gasteiger partial charge in [0.15, 0.2) is 0 Å². The number of aliphatic hydroxyl groups is 3. The molecule has 3 rings (SSSR count). The summed E-state index contributed by atoms with van der Waals surface area (Å²) in [4.78, 5) is 11.8. The molecule has 26 heavy (non-hydrogen) atoms. The normalized spacial score (nSPS) is 29.3. The quantitative estimate of drug-likeness (QED) is 0.604. The Morgan fingerprint density at radius 3 is 2.69 bits per heavy atom. The third kappa shape index (κ3) is 3.52. The fourth-order valence-electron chi connectivity index (χ4n) is 3.29. The van der Waals surface area contributed by atoms with Crippen LogP contribution in [0.1, 0.15) is 19.4 Å². The second-order valence-corrected chi connectivity index (χ2v) is 6.45. The summed E-state index contributed by atoms with van der Waals surface area (Å²) in [5.74, 6) is 0. The molecule has 0 amide bonds. The Balaban J connectivity index is 1.90. The number of hydrogen-bond donors (Lipinski definition) is 4. The van der Waals surface area contributed by atoms with Crippen LogP contribution in [-0.4, -0.2) is 52.4 Å². The zero-order valence-electron chi connectivity index (χ0n) is 14.6. The van der Waals surface area contributed by atoms with E-state index in [-0.39, 0.29) is 6.61 Å². The summed E-state index contributed by atoms with van der Waals surface area (Å²) in [5, 5.41) is 33.6. The van der Waals surface area contributed by atoms with Crippen molar-refractivity contribution in [1.29, 1.82) is 0 Å². The molecule has 7 nitrogen and oxygen atoms in total. The number of benzene rings is 1. The van der Waals surface area contributed by atoms with Crippen LogP contribution in [0.4, 0.5) is 5.69 Å². The van der Waals surface area contributed by atoms with Gasteiger partial charge in [0.25, 0.3) is 0 Å². The lowest BCUT2D eigenvalue weighted by Gasteiger charge is -2.41. The monoisotopic (exact) mass is 361 g/mol. The molecule has 1 saturated heterocycles. The Kier molecular flexibility index (Phi) is 5.43. The maximum atomic E-state index is 11.8. The first-order valence-electron chi connectivity index (χ1n) is 8.54. The molecule has 7 heteroatoms. The Morgan fingerprint density at radius 1 is 1.23 bits per heavy atom. The molecule has 140 valence electrons. The number of ether oxygens (including phenoxy) is 1. The molecule has 0 aliphatic carbocycles. The van der Waals surface area contributed by atoms with Gasteiger partial charge >= 0.3 is 5.63 Å². The molecule has 0 spiro atoms. The summed E-state index contributed by atoms with van der Waals surface area (Å²) < 4.78 is 10.8. The number of aliphatic hydroxyl groups excluding tert-OH is 3. The van der Waals surface area contributed by atoms with Crippen LogP contribution < -0.4 is 10.9 Å². The summed E-state index contributed by atoms with van der Waals surface area (Å²) in [6.07, 6.45) is 0.0926. The number of fused-ring (bicyclic) bond motifs is 1. The molecule has 4 N–H and O–H groups in total. The van der Waals surface area contributed by atoms with Crippen molar-refractivity contribution < 1.29 is 24.5 Å². The molecule has 5 atom stereocenters. The van der Waals surface area contributed by atoms with Gasteiger partial charge < -0.3 is 29.8 Å². The van der Waals surface area contributed by atoms with E-state index in [1.165, 1.54) is 6.07 Å². The SMILES string of the molecule is C/C=C/c1cc(=O)oc2cc(NC3C(C)OC(CO)C(O)C3O)ccc12. The van der Waals surface area contributed by atoms with E-state index in [1.54, 1.807) is 19.1 Å². The summed E-state index contributed by atoms with van der Waals surface area (Å²) in [5.41, 5.74) is 1.36. The largest absolute Gasteiger partial charge is 0.423 e. The van der Waals surface area contributed by atoms with Crippen molar-refractivity contribution in [2.45, 2.75) is 44.3 Å². The summed E-state index contributed by atoms with van der Waals surface area (Å²) in [6.45, 7) is 3.25.